The lowest BCUT2D eigenvalue weighted by molar-refractivity contribution is 0.591. The van der Waals surface area contributed by atoms with Crippen LogP contribution in [0.25, 0.3) is 10.9 Å². The van der Waals surface area contributed by atoms with E-state index in [-0.39, 0.29) is 5.41 Å². The van der Waals surface area contributed by atoms with Crippen LogP contribution in [0, 0.1) is 0 Å². The number of fused-ring (bicyclic) bond motifs is 1. The molecule has 0 unspecified atom stereocenters. The largest absolute Gasteiger partial charge is 0.351 e. The van der Waals surface area contributed by atoms with Crippen LogP contribution < -0.4 is 0 Å². The molecular weight excluding hydrogens is 170 g/mol. The zero-order valence-corrected chi connectivity index (χ0v) is 9.33. The number of hydrogen-bond donors (Lipinski definition) is 0. The third-order valence-electron chi connectivity index (χ3n) is 2.75. The minimum Gasteiger partial charge on any atom is -0.351 e. The first kappa shape index (κ1) is 9.32. The van der Waals surface area contributed by atoms with E-state index in [1.165, 1.54) is 16.5 Å². The predicted molar refractivity (Wildman–Crippen MR) is 61.6 cm³/mol. The summed E-state index contributed by atoms with van der Waals surface area (Å²) in [6, 6.07) is 8.89. The Balaban J connectivity index is 2.63. The van der Waals surface area contributed by atoms with Gasteiger partial charge in [-0.1, -0.05) is 26.8 Å². The summed E-state index contributed by atoms with van der Waals surface area (Å²) < 4.78 is 2.15. The number of hydrogen-bond acceptors (Lipinski definition) is 0. The minimum absolute atomic E-state index is 0.240. The van der Waals surface area contributed by atoms with Gasteiger partial charge < -0.3 is 4.57 Å². The fourth-order valence-corrected chi connectivity index (χ4v) is 1.75. The van der Waals surface area contributed by atoms with Crippen molar-refractivity contribution in [3.63, 3.8) is 0 Å². The van der Waals surface area contributed by atoms with Crippen molar-refractivity contribution in [2.75, 3.05) is 0 Å². The second-order valence-corrected chi connectivity index (χ2v) is 4.95. The van der Waals surface area contributed by atoms with Crippen LogP contribution in [0.15, 0.2) is 30.5 Å². The molecule has 2 rings (SSSR count). The third-order valence-corrected chi connectivity index (χ3v) is 2.75. The van der Waals surface area contributed by atoms with E-state index < -0.39 is 0 Å². The quantitative estimate of drug-likeness (QED) is 0.595. The maximum Gasteiger partial charge on any atom is 0.0477 e. The van der Waals surface area contributed by atoms with Crippen molar-refractivity contribution < 1.29 is 0 Å². The molecule has 1 nitrogen and oxygen atoms in total. The van der Waals surface area contributed by atoms with Gasteiger partial charge in [-0.25, -0.2) is 0 Å². The summed E-state index contributed by atoms with van der Waals surface area (Å²) in [6.07, 6.45) is 2.11. The number of aryl methyl sites for hydroxylation is 1. The van der Waals surface area contributed by atoms with Crippen LogP contribution in [-0.2, 0) is 12.5 Å². The molecule has 0 radical (unpaired) electrons. The van der Waals surface area contributed by atoms with E-state index in [4.69, 9.17) is 0 Å². The molecule has 0 aliphatic heterocycles. The van der Waals surface area contributed by atoms with E-state index in [2.05, 4.69) is 62.8 Å². The van der Waals surface area contributed by atoms with E-state index >= 15 is 0 Å². The Morgan fingerprint density at radius 3 is 2.43 bits per heavy atom. The van der Waals surface area contributed by atoms with Crippen LogP contribution in [0.2, 0.25) is 0 Å². The lowest BCUT2D eigenvalue weighted by Crippen LogP contribution is -2.10. The number of benzene rings is 1. The summed E-state index contributed by atoms with van der Waals surface area (Å²) in [5, 5.41) is 1.33. The topological polar surface area (TPSA) is 4.93 Å². The standard InChI is InChI=1S/C13H17N/c1-13(2,3)11-5-6-12-10(9-11)7-8-14(12)4/h5-9H,1-4H3. The van der Waals surface area contributed by atoms with Gasteiger partial charge in [0.2, 0.25) is 0 Å². The second-order valence-electron chi connectivity index (χ2n) is 4.95. The Labute approximate surface area is 85.4 Å². The summed E-state index contributed by atoms with van der Waals surface area (Å²) in [5.74, 6) is 0. The summed E-state index contributed by atoms with van der Waals surface area (Å²) in [7, 11) is 2.08. The molecule has 0 aliphatic carbocycles. The molecule has 0 saturated heterocycles. The predicted octanol–water partition coefficient (Wildman–Crippen LogP) is 3.48. The highest BCUT2D eigenvalue weighted by Crippen LogP contribution is 2.26. The average molecular weight is 187 g/mol. The van der Waals surface area contributed by atoms with Crippen molar-refractivity contribution in [2.24, 2.45) is 7.05 Å². The molecule has 0 N–H and O–H groups in total. The van der Waals surface area contributed by atoms with Crippen molar-refractivity contribution in [2.45, 2.75) is 26.2 Å². The van der Waals surface area contributed by atoms with Crippen molar-refractivity contribution >= 4 is 10.9 Å². The van der Waals surface area contributed by atoms with Crippen LogP contribution >= 0.6 is 0 Å². The molecule has 0 bridgehead atoms. The first-order valence-electron chi connectivity index (χ1n) is 5.04. The van der Waals surface area contributed by atoms with Gasteiger partial charge in [0.1, 0.15) is 0 Å². The molecule has 2 aromatic rings. The number of nitrogens with zero attached hydrogens (tertiary/aromatic N) is 1. The van der Waals surface area contributed by atoms with E-state index in [9.17, 15) is 0 Å². The summed E-state index contributed by atoms with van der Waals surface area (Å²) in [4.78, 5) is 0. The highest BCUT2D eigenvalue weighted by atomic mass is 14.9. The van der Waals surface area contributed by atoms with Crippen molar-refractivity contribution in [3.05, 3.63) is 36.0 Å². The Hall–Kier alpha value is -1.24. The number of rotatable bonds is 0. The molecule has 0 fully saturated rings. The molecule has 14 heavy (non-hydrogen) atoms. The zero-order chi connectivity index (χ0) is 10.3. The zero-order valence-electron chi connectivity index (χ0n) is 9.33. The van der Waals surface area contributed by atoms with Gasteiger partial charge in [-0.15, -0.1) is 0 Å². The first-order valence-corrected chi connectivity index (χ1v) is 5.04. The van der Waals surface area contributed by atoms with Crippen LogP contribution in [0.3, 0.4) is 0 Å². The van der Waals surface area contributed by atoms with Crippen LogP contribution in [0.1, 0.15) is 26.3 Å². The fourth-order valence-electron chi connectivity index (χ4n) is 1.75. The Kier molecular flexibility index (Phi) is 1.91. The van der Waals surface area contributed by atoms with Gasteiger partial charge in [0, 0.05) is 18.8 Å². The molecule has 1 aromatic heterocycles. The summed E-state index contributed by atoms with van der Waals surface area (Å²) >= 11 is 0. The Bertz CT molecular complexity index is 458. The molecule has 0 saturated carbocycles. The molecular formula is C13H17N. The minimum atomic E-state index is 0.240. The molecule has 0 amide bonds. The lowest BCUT2D eigenvalue weighted by atomic mass is 9.86. The highest BCUT2D eigenvalue weighted by molar-refractivity contribution is 5.81. The molecule has 0 spiro atoms. The molecule has 1 heterocycles. The maximum absolute atomic E-state index is 2.29. The fraction of sp³-hybridized carbons (Fsp3) is 0.385. The molecule has 1 heteroatoms. The average Bonchev–Trinajstić information content (AvgIpc) is 2.46. The Morgan fingerprint density at radius 1 is 1.07 bits per heavy atom. The van der Waals surface area contributed by atoms with E-state index in [0.29, 0.717) is 0 Å². The maximum atomic E-state index is 2.29. The second kappa shape index (κ2) is 2.88. The van der Waals surface area contributed by atoms with Gasteiger partial charge in [-0.2, -0.15) is 0 Å². The molecule has 74 valence electrons. The highest BCUT2D eigenvalue weighted by Gasteiger charge is 2.13. The van der Waals surface area contributed by atoms with Gasteiger partial charge in [-0.3, -0.25) is 0 Å². The van der Waals surface area contributed by atoms with Gasteiger partial charge in [0.25, 0.3) is 0 Å². The van der Waals surface area contributed by atoms with Crippen LogP contribution in [-0.4, -0.2) is 4.57 Å². The Morgan fingerprint density at radius 2 is 1.79 bits per heavy atom. The van der Waals surface area contributed by atoms with E-state index in [0.717, 1.165) is 0 Å². The van der Waals surface area contributed by atoms with E-state index in [1.807, 2.05) is 0 Å². The molecule has 0 atom stereocenters. The van der Waals surface area contributed by atoms with Gasteiger partial charge in [0.05, 0.1) is 0 Å². The third kappa shape index (κ3) is 1.43. The normalized spacial score (nSPS) is 12.3. The molecule has 0 aliphatic rings. The van der Waals surface area contributed by atoms with Crippen molar-refractivity contribution in [1.82, 2.24) is 4.57 Å². The van der Waals surface area contributed by atoms with Gasteiger partial charge in [0.15, 0.2) is 0 Å². The van der Waals surface area contributed by atoms with Crippen molar-refractivity contribution in [3.8, 4) is 0 Å². The van der Waals surface area contributed by atoms with E-state index in [1.54, 1.807) is 0 Å². The number of aromatic nitrogens is 1. The lowest BCUT2D eigenvalue weighted by Gasteiger charge is -2.18. The SMILES string of the molecule is Cn1ccc2cc(C(C)(C)C)ccc21. The summed E-state index contributed by atoms with van der Waals surface area (Å²) in [5.41, 5.74) is 2.94. The monoisotopic (exact) mass is 187 g/mol. The smallest absolute Gasteiger partial charge is 0.0477 e. The van der Waals surface area contributed by atoms with Crippen LogP contribution in [0.5, 0.6) is 0 Å². The van der Waals surface area contributed by atoms with Gasteiger partial charge >= 0.3 is 0 Å². The van der Waals surface area contributed by atoms with Crippen LogP contribution in [0.4, 0.5) is 0 Å². The van der Waals surface area contributed by atoms with Crippen molar-refractivity contribution in [1.29, 1.82) is 0 Å². The summed E-state index contributed by atoms with van der Waals surface area (Å²) in [6.45, 7) is 6.74. The molecule has 1 aromatic carbocycles. The van der Waals surface area contributed by atoms with Gasteiger partial charge in [-0.05, 0) is 34.6 Å². The first-order chi connectivity index (χ1) is 6.48.